The van der Waals surface area contributed by atoms with E-state index in [-0.39, 0.29) is 11.9 Å². The summed E-state index contributed by atoms with van der Waals surface area (Å²) >= 11 is 0. The average molecular weight is 315 g/mol. The van der Waals surface area contributed by atoms with Gasteiger partial charge in [0.15, 0.2) is 0 Å². The number of ether oxygens (including phenoxy) is 1. The highest BCUT2D eigenvalue weighted by Crippen LogP contribution is 2.22. The standard InChI is InChI=1S/C14H17N7O2/c1-9(22)18-12-6-11(10-7-16-13(15)17-8-10)19-14(20-12)21-2-4-23-5-3-21/h6-8H,2-5H2,1H3,(H2,15,16,17)(H,18,19,20,22). The summed E-state index contributed by atoms with van der Waals surface area (Å²) in [6, 6.07) is 1.68. The topological polar surface area (TPSA) is 119 Å². The molecule has 9 nitrogen and oxygen atoms in total. The highest BCUT2D eigenvalue weighted by Gasteiger charge is 2.17. The maximum atomic E-state index is 11.3. The highest BCUT2D eigenvalue weighted by atomic mass is 16.5. The van der Waals surface area contributed by atoms with Crippen LogP contribution in [0.3, 0.4) is 0 Å². The van der Waals surface area contributed by atoms with Crippen molar-refractivity contribution in [3.63, 3.8) is 0 Å². The molecule has 0 spiro atoms. The van der Waals surface area contributed by atoms with E-state index in [0.29, 0.717) is 49.3 Å². The fourth-order valence-corrected chi connectivity index (χ4v) is 2.20. The predicted molar refractivity (Wildman–Crippen MR) is 84.8 cm³/mol. The number of nitrogen functional groups attached to an aromatic ring is 1. The number of amides is 1. The Morgan fingerprint density at radius 2 is 1.96 bits per heavy atom. The van der Waals surface area contributed by atoms with Crippen LogP contribution in [0.1, 0.15) is 6.92 Å². The van der Waals surface area contributed by atoms with Gasteiger partial charge in [-0.2, -0.15) is 4.98 Å². The summed E-state index contributed by atoms with van der Waals surface area (Å²) in [6.45, 7) is 4.06. The number of carbonyl (C=O) groups is 1. The molecular weight excluding hydrogens is 298 g/mol. The Hall–Kier alpha value is -2.81. The van der Waals surface area contributed by atoms with Crippen LogP contribution in [0.4, 0.5) is 17.7 Å². The molecule has 0 aromatic carbocycles. The van der Waals surface area contributed by atoms with Gasteiger partial charge < -0.3 is 20.7 Å². The molecule has 1 aliphatic rings. The van der Waals surface area contributed by atoms with E-state index in [0.717, 1.165) is 0 Å². The van der Waals surface area contributed by atoms with Crippen molar-refractivity contribution in [1.29, 1.82) is 0 Å². The first-order chi connectivity index (χ1) is 11.1. The number of carbonyl (C=O) groups excluding carboxylic acids is 1. The quantitative estimate of drug-likeness (QED) is 0.830. The van der Waals surface area contributed by atoms with Gasteiger partial charge in [0.2, 0.25) is 17.8 Å². The zero-order valence-electron chi connectivity index (χ0n) is 12.7. The van der Waals surface area contributed by atoms with E-state index in [1.807, 2.05) is 4.90 Å². The van der Waals surface area contributed by atoms with E-state index in [9.17, 15) is 4.79 Å². The lowest BCUT2D eigenvalue weighted by molar-refractivity contribution is -0.114. The summed E-state index contributed by atoms with van der Waals surface area (Å²) in [7, 11) is 0. The molecule has 0 atom stereocenters. The van der Waals surface area contributed by atoms with E-state index in [4.69, 9.17) is 10.5 Å². The number of hydrogen-bond donors (Lipinski definition) is 2. The lowest BCUT2D eigenvalue weighted by atomic mass is 10.2. The van der Waals surface area contributed by atoms with Gasteiger partial charge in [-0.15, -0.1) is 0 Å². The molecule has 3 rings (SSSR count). The Bertz CT molecular complexity index is 699. The Morgan fingerprint density at radius 3 is 2.61 bits per heavy atom. The maximum Gasteiger partial charge on any atom is 0.228 e. The Kier molecular flexibility index (Phi) is 4.29. The van der Waals surface area contributed by atoms with Gasteiger partial charge in [-0.05, 0) is 0 Å². The van der Waals surface area contributed by atoms with Crippen LogP contribution in [-0.4, -0.2) is 52.1 Å². The summed E-state index contributed by atoms with van der Waals surface area (Å²) in [5, 5.41) is 2.69. The van der Waals surface area contributed by atoms with E-state index < -0.39 is 0 Å². The second kappa shape index (κ2) is 6.53. The molecule has 23 heavy (non-hydrogen) atoms. The number of nitrogens with one attached hydrogen (secondary N) is 1. The predicted octanol–water partition coefficient (Wildman–Crippen LogP) is 0.311. The monoisotopic (exact) mass is 315 g/mol. The number of rotatable bonds is 3. The molecule has 0 unspecified atom stereocenters. The minimum atomic E-state index is -0.198. The minimum absolute atomic E-state index is 0.193. The third-order valence-electron chi connectivity index (χ3n) is 3.28. The SMILES string of the molecule is CC(=O)Nc1cc(-c2cnc(N)nc2)nc(N2CCOCC2)n1. The van der Waals surface area contributed by atoms with Crippen molar-refractivity contribution >= 4 is 23.6 Å². The fourth-order valence-electron chi connectivity index (χ4n) is 2.20. The van der Waals surface area contributed by atoms with Crippen molar-refractivity contribution in [3.05, 3.63) is 18.5 Å². The maximum absolute atomic E-state index is 11.3. The summed E-state index contributed by atoms with van der Waals surface area (Å²) in [4.78, 5) is 30.3. The molecule has 3 N–H and O–H groups in total. The second-order valence-electron chi connectivity index (χ2n) is 5.05. The normalized spacial score (nSPS) is 14.6. The minimum Gasteiger partial charge on any atom is -0.378 e. The smallest absolute Gasteiger partial charge is 0.228 e. The summed E-state index contributed by atoms with van der Waals surface area (Å²) < 4.78 is 5.34. The summed E-state index contributed by atoms with van der Waals surface area (Å²) in [5.41, 5.74) is 6.83. The van der Waals surface area contributed by atoms with Gasteiger partial charge in [-0.1, -0.05) is 0 Å². The van der Waals surface area contributed by atoms with Gasteiger partial charge in [-0.3, -0.25) is 4.79 Å². The molecule has 3 heterocycles. The third kappa shape index (κ3) is 3.69. The van der Waals surface area contributed by atoms with Crippen LogP contribution in [0.15, 0.2) is 18.5 Å². The number of nitrogens with two attached hydrogens (primary N) is 1. The van der Waals surface area contributed by atoms with Crippen molar-refractivity contribution in [1.82, 2.24) is 19.9 Å². The van der Waals surface area contributed by atoms with Crippen LogP contribution in [0, 0.1) is 0 Å². The molecule has 0 saturated carbocycles. The van der Waals surface area contributed by atoms with Crippen molar-refractivity contribution < 1.29 is 9.53 Å². The van der Waals surface area contributed by atoms with Gasteiger partial charge in [0, 0.05) is 44.0 Å². The number of hydrogen-bond acceptors (Lipinski definition) is 8. The van der Waals surface area contributed by atoms with E-state index in [2.05, 4.69) is 25.3 Å². The Balaban J connectivity index is 1.99. The first kappa shape index (κ1) is 15.1. The molecule has 9 heteroatoms. The largest absolute Gasteiger partial charge is 0.378 e. The summed E-state index contributed by atoms with van der Waals surface area (Å²) in [6.07, 6.45) is 3.18. The lowest BCUT2D eigenvalue weighted by Crippen LogP contribution is -2.37. The van der Waals surface area contributed by atoms with Crippen LogP contribution >= 0.6 is 0 Å². The van der Waals surface area contributed by atoms with Gasteiger partial charge in [0.25, 0.3) is 0 Å². The number of nitrogens with zero attached hydrogens (tertiary/aromatic N) is 5. The highest BCUT2D eigenvalue weighted by molar-refractivity contribution is 5.88. The van der Waals surface area contributed by atoms with Crippen molar-refractivity contribution in [2.75, 3.05) is 42.3 Å². The van der Waals surface area contributed by atoms with Gasteiger partial charge in [0.05, 0.1) is 18.9 Å². The van der Waals surface area contributed by atoms with E-state index in [1.54, 1.807) is 18.5 Å². The van der Waals surface area contributed by atoms with E-state index >= 15 is 0 Å². The third-order valence-corrected chi connectivity index (χ3v) is 3.28. The number of aromatic nitrogens is 4. The van der Waals surface area contributed by atoms with Crippen LogP contribution in [0.25, 0.3) is 11.3 Å². The lowest BCUT2D eigenvalue weighted by Gasteiger charge is -2.27. The molecule has 1 amide bonds. The van der Waals surface area contributed by atoms with Crippen molar-refractivity contribution in [2.24, 2.45) is 0 Å². The van der Waals surface area contributed by atoms with Crippen LogP contribution < -0.4 is 16.0 Å². The molecule has 0 bridgehead atoms. The average Bonchev–Trinajstić information content (AvgIpc) is 2.55. The molecule has 1 fully saturated rings. The zero-order chi connectivity index (χ0) is 16.2. The molecule has 120 valence electrons. The number of anilines is 3. The fraction of sp³-hybridized carbons (Fsp3) is 0.357. The molecule has 0 radical (unpaired) electrons. The van der Waals surface area contributed by atoms with Gasteiger partial charge in [0.1, 0.15) is 5.82 Å². The zero-order valence-corrected chi connectivity index (χ0v) is 12.7. The Morgan fingerprint density at radius 1 is 1.26 bits per heavy atom. The van der Waals surface area contributed by atoms with Crippen molar-refractivity contribution in [3.8, 4) is 11.3 Å². The Labute approximate surface area is 132 Å². The second-order valence-corrected chi connectivity index (χ2v) is 5.05. The first-order valence-electron chi connectivity index (χ1n) is 7.19. The molecule has 0 aliphatic carbocycles. The van der Waals surface area contributed by atoms with Crippen LogP contribution in [0.2, 0.25) is 0 Å². The van der Waals surface area contributed by atoms with Crippen LogP contribution in [0.5, 0.6) is 0 Å². The molecular formula is C14H17N7O2. The first-order valence-corrected chi connectivity index (χ1v) is 7.19. The van der Waals surface area contributed by atoms with E-state index in [1.165, 1.54) is 6.92 Å². The molecule has 1 saturated heterocycles. The van der Waals surface area contributed by atoms with Crippen molar-refractivity contribution in [2.45, 2.75) is 6.92 Å². The van der Waals surface area contributed by atoms with Gasteiger partial charge >= 0.3 is 0 Å². The molecule has 2 aromatic heterocycles. The van der Waals surface area contributed by atoms with Gasteiger partial charge in [-0.25, -0.2) is 15.0 Å². The number of morpholine rings is 1. The summed E-state index contributed by atoms with van der Waals surface area (Å²) in [5.74, 6) is 0.960. The van der Waals surface area contributed by atoms with Crippen LogP contribution in [-0.2, 0) is 9.53 Å². The molecule has 1 aliphatic heterocycles. The molecule has 2 aromatic rings.